The van der Waals surface area contributed by atoms with Crippen LogP contribution in [0.15, 0.2) is 24.3 Å². The first kappa shape index (κ1) is 47.9. The second-order valence-corrected chi connectivity index (χ2v) is 16.3. The predicted molar refractivity (Wildman–Crippen MR) is 216 cm³/mol. The van der Waals surface area contributed by atoms with Gasteiger partial charge in [0.1, 0.15) is 0 Å². The number of carbonyl (C=O) groups is 4. The molecule has 14 nitrogen and oxygen atoms in total. The van der Waals surface area contributed by atoms with E-state index in [4.69, 9.17) is 20.0 Å². The lowest BCUT2D eigenvalue weighted by Gasteiger charge is -2.45. The van der Waals surface area contributed by atoms with Crippen molar-refractivity contribution in [2.75, 3.05) is 54.2 Å². The first-order chi connectivity index (χ1) is 25.9. The van der Waals surface area contributed by atoms with Crippen molar-refractivity contribution in [3.63, 3.8) is 0 Å². The average Bonchev–Trinajstić information content (AvgIpc) is 3.62. The number of hydrogen-bond donors (Lipinski definition) is 4. The predicted octanol–water partition coefficient (Wildman–Crippen LogP) is 3.44. The fourth-order valence-electron chi connectivity index (χ4n) is 8.12. The summed E-state index contributed by atoms with van der Waals surface area (Å²) in [5.74, 6) is -1.06. The molecule has 9 atom stereocenters. The van der Waals surface area contributed by atoms with E-state index in [0.717, 1.165) is 18.4 Å². The fraction of sp³-hybridized carbons (Fsp3) is 0.756. The molecule has 2 rings (SSSR count). The number of amides is 4. The third-order valence-electron chi connectivity index (χ3n) is 11.4. The maximum absolute atomic E-state index is 14.2. The molecule has 1 unspecified atom stereocenters. The number of nitrogen functional groups attached to an aromatic ring is 1. The van der Waals surface area contributed by atoms with Crippen molar-refractivity contribution in [2.45, 2.75) is 130 Å². The van der Waals surface area contributed by atoms with E-state index in [2.05, 4.69) is 76.5 Å². The summed E-state index contributed by atoms with van der Waals surface area (Å²) in [7, 11) is 9.14. The van der Waals surface area contributed by atoms with Gasteiger partial charge in [-0.1, -0.05) is 67.0 Å². The zero-order chi connectivity index (χ0) is 41.6. The number of likely N-dealkylation sites (N-methyl/N-ethyl adjacent to an activating group) is 2. The minimum absolute atomic E-state index is 0.0101. The number of methoxy groups -OCH3 is 2. The van der Waals surface area contributed by atoms with E-state index < -0.39 is 24.0 Å². The van der Waals surface area contributed by atoms with Crippen molar-refractivity contribution in [3.05, 3.63) is 29.8 Å². The van der Waals surface area contributed by atoms with Crippen LogP contribution in [0.3, 0.4) is 0 Å². The Morgan fingerprint density at radius 3 is 2.09 bits per heavy atom. The van der Waals surface area contributed by atoms with Gasteiger partial charge < -0.3 is 30.7 Å². The van der Waals surface area contributed by atoms with Gasteiger partial charge in [-0.15, -0.1) is 0 Å². The molecule has 55 heavy (non-hydrogen) atoms. The van der Waals surface area contributed by atoms with Gasteiger partial charge in [0, 0.05) is 44.6 Å². The SMILES string of the molecule is CC[C@H](C)[C@@H]([C@@H](CC(=O)N1CCC[C@H]1[C@H](OC)[C@@H](C)C(=O)NCC(=O)NOCc1ccc(N)cc1)OC)N(C)C(C)[C@@H](NC(=O)[C@H](C(C)C)N(C)C)C(C)C. The van der Waals surface area contributed by atoms with Crippen LogP contribution in [0.2, 0.25) is 0 Å². The molecule has 1 aliphatic heterocycles. The molecule has 1 saturated heterocycles. The molecule has 1 heterocycles. The number of carbonyl (C=O) groups excluding carboxylic acids is 4. The molecule has 1 aromatic rings. The van der Waals surface area contributed by atoms with Gasteiger partial charge >= 0.3 is 0 Å². The highest BCUT2D eigenvalue weighted by atomic mass is 16.6. The van der Waals surface area contributed by atoms with Crippen LogP contribution in [0.4, 0.5) is 5.69 Å². The van der Waals surface area contributed by atoms with E-state index >= 15 is 0 Å². The molecular formula is C41H73N7O7. The molecule has 0 aliphatic carbocycles. The lowest BCUT2D eigenvalue weighted by Crippen LogP contribution is -2.60. The number of hydroxylamine groups is 1. The van der Waals surface area contributed by atoms with Crippen LogP contribution in [0, 0.1) is 23.7 Å². The Morgan fingerprint density at radius 1 is 0.927 bits per heavy atom. The summed E-state index contributed by atoms with van der Waals surface area (Å²) in [5, 5.41) is 6.05. The Bertz CT molecular complexity index is 1340. The van der Waals surface area contributed by atoms with Crippen molar-refractivity contribution in [2.24, 2.45) is 23.7 Å². The van der Waals surface area contributed by atoms with Gasteiger partial charge in [0.05, 0.1) is 49.8 Å². The van der Waals surface area contributed by atoms with Crippen LogP contribution in [-0.2, 0) is 40.1 Å². The van der Waals surface area contributed by atoms with E-state index in [1.54, 1.807) is 45.4 Å². The Morgan fingerprint density at radius 2 is 1.56 bits per heavy atom. The maximum Gasteiger partial charge on any atom is 0.262 e. The first-order valence-electron chi connectivity index (χ1n) is 20.0. The Hall–Kier alpha value is -3.30. The molecule has 4 amide bonds. The zero-order valence-electron chi connectivity index (χ0n) is 35.9. The van der Waals surface area contributed by atoms with Crippen molar-refractivity contribution >= 4 is 29.3 Å². The normalized spacial score (nSPS) is 19.1. The van der Waals surface area contributed by atoms with Gasteiger partial charge in [0.15, 0.2) is 0 Å². The summed E-state index contributed by atoms with van der Waals surface area (Å²) in [6.45, 7) is 17.0. The Kier molecular flexibility index (Phi) is 20.1. The smallest absolute Gasteiger partial charge is 0.262 e. The standard InChI is InChI=1S/C41H73N7O7/c1-14-27(6)38(47(11)29(8)36(25(2)3)44-41(52)37(26(4)5)46(9)10)33(53-12)22-35(50)48-21-15-16-32(48)39(54-13)28(7)40(51)43-23-34(49)45-55-24-30-17-19-31(42)20-18-30/h17-20,25-29,32-33,36-39H,14-16,21-24,42H2,1-13H3,(H,43,51)(H,44,52)(H,45,49)/t27-,28+,29?,32-,33+,36-,37-,38-,39+/m0/s1. The van der Waals surface area contributed by atoms with Crippen LogP contribution in [0.25, 0.3) is 0 Å². The van der Waals surface area contributed by atoms with Gasteiger partial charge in [-0.3, -0.25) is 33.8 Å². The Balaban J connectivity index is 2.13. The molecule has 5 N–H and O–H groups in total. The quantitative estimate of drug-likeness (QED) is 0.0956. The van der Waals surface area contributed by atoms with Crippen LogP contribution >= 0.6 is 0 Å². The third-order valence-corrected chi connectivity index (χ3v) is 11.4. The molecular weight excluding hydrogens is 702 g/mol. The number of nitrogens with one attached hydrogen (secondary N) is 3. The number of anilines is 1. The maximum atomic E-state index is 14.2. The number of rotatable bonds is 23. The second-order valence-electron chi connectivity index (χ2n) is 16.3. The fourth-order valence-corrected chi connectivity index (χ4v) is 8.12. The topological polar surface area (TPSA) is 168 Å². The van der Waals surface area contributed by atoms with E-state index in [-0.39, 0.29) is 85.3 Å². The third kappa shape index (κ3) is 13.7. The molecule has 0 radical (unpaired) electrons. The molecule has 314 valence electrons. The number of benzene rings is 1. The number of nitrogens with two attached hydrogens (primary N) is 1. The minimum atomic E-state index is -0.643. The lowest BCUT2D eigenvalue weighted by molar-refractivity contribution is -0.143. The largest absolute Gasteiger partial charge is 0.399 e. The summed E-state index contributed by atoms with van der Waals surface area (Å²) >= 11 is 0. The van der Waals surface area contributed by atoms with Crippen LogP contribution in [0.1, 0.15) is 86.6 Å². The van der Waals surface area contributed by atoms with E-state index in [9.17, 15) is 19.2 Å². The van der Waals surface area contributed by atoms with Crippen molar-refractivity contribution in [3.8, 4) is 0 Å². The number of hydrogen-bond acceptors (Lipinski definition) is 10. The number of likely N-dealkylation sites (tertiary alicyclic amines) is 1. The molecule has 0 bridgehead atoms. The molecule has 1 aromatic carbocycles. The van der Waals surface area contributed by atoms with Gasteiger partial charge in [-0.05, 0) is 76.4 Å². The van der Waals surface area contributed by atoms with Crippen molar-refractivity contribution in [1.82, 2.24) is 30.8 Å². The van der Waals surface area contributed by atoms with Gasteiger partial charge in [0.25, 0.3) is 5.91 Å². The number of nitrogens with zero attached hydrogens (tertiary/aromatic N) is 3. The highest BCUT2D eigenvalue weighted by Gasteiger charge is 2.43. The minimum Gasteiger partial charge on any atom is -0.399 e. The van der Waals surface area contributed by atoms with Crippen molar-refractivity contribution in [1.29, 1.82) is 0 Å². The highest BCUT2D eigenvalue weighted by Crippen LogP contribution is 2.30. The molecule has 1 fully saturated rings. The van der Waals surface area contributed by atoms with Gasteiger partial charge in [-0.25, -0.2) is 5.48 Å². The summed E-state index contributed by atoms with van der Waals surface area (Å²) in [6, 6.07) is 6.20. The van der Waals surface area contributed by atoms with Crippen molar-refractivity contribution < 1.29 is 33.5 Å². The van der Waals surface area contributed by atoms with Crippen LogP contribution in [-0.4, -0.2) is 129 Å². The average molecular weight is 776 g/mol. The summed E-state index contributed by atoms with van der Waals surface area (Å²) in [5.41, 5.74) is 9.52. The lowest BCUT2D eigenvalue weighted by atomic mass is 9.87. The highest BCUT2D eigenvalue weighted by molar-refractivity contribution is 5.85. The van der Waals surface area contributed by atoms with E-state index in [1.165, 1.54) is 0 Å². The second kappa shape index (κ2) is 23.1. The Labute approximate surface area is 330 Å². The summed E-state index contributed by atoms with van der Waals surface area (Å²) in [6.07, 6.45) is 1.49. The molecule has 1 aliphatic rings. The monoisotopic (exact) mass is 776 g/mol. The first-order valence-corrected chi connectivity index (χ1v) is 20.0. The molecule has 0 saturated carbocycles. The molecule has 0 spiro atoms. The van der Waals surface area contributed by atoms with E-state index in [1.807, 2.05) is 23.9 Å². The van der Waals surface area contributed by atoms with Crippen LogP contribution < -0.4 is 21.8 Å². The number of ether oxygens (including phenoxy) is 2. The summed E-state index contributed by atoms with van der Waals surface area (Å²) in [4.78, 5) is 64.8. The zero-order valence-corrected chi connectivity index (χ0v) is 35.9. The molecule has 14 heteroatoms. The van der Waals surface area contributed by atoms with E-state index in [0.29, 0.717) is 18.7 Å². The summed E-state index contributed by atoms with van der Waals surface area (Å²) < 4.78 is 12.0. The van der Waals surface area contributed by atoms with Gasteiger partial charge in [-0.2, -0.15) is 0 Å². The molecule has 0 aromatic heterocycles. The van der Waals surface area contributed by atoms with Gasteiger partial charge in [0.2, 0.25) is 17.7 Å². The van der Waals surface area contributed by atoms with Crippen LogP contribution in [0.5, 0.6) is 0 Å².